The van der Waals surface area contributed by atoms with Gasteiger partial charge in [0.1, 0.15) is 10.8 Å². The summed E-state index contributed by atoms with van der Waals surface area (Å²) in [6, 6.07) is 4.02. The molecule has 1 amide bonds. The van der Waals surface area contributed by atoms with Crippen LogP contribution in [0.2, 0.25) is 0 Å². The Kier molecular flexibility index (Phi) is 4.08. The van der Waals surface area contributed by atoms with E-state index in [9.17, 15) is 4.79 Å². The Morgan fingerprint density at radius 1 is 1.42 bits per heavy atom. The van der Waals surface area contributed by atoms with E-state index in [1.54, 1.807) is 12.4 Å². The molecule has 0 aliphatic carbocycles. The minimum atomic E-state index is 0.0200. The first-order valence-corrected chi connectivity index (χ1v) is 8.80. The Balaban J connectivity index is 1.36. The summed E-state index contributed by atoms with van der Waals surface area (Å²) in [6.45, 7) is 0.791. The number of aryl methyl sites for hydroxylation is 1. The number of carbonyl (C=O) groups excluding carboxylic acids is 1. The molecule has 0 aromatic carbocycles. The van der Waals surface area contributed by atoms with Crippen molar-refractivity contribution in [3.8, 4) is 10.6 Å². The standard InChI is InChI=1S/C17H17N5OS/c23-16(20-13-3-4-15-19-6-7-22(15)10-13)8-14-11-24-17(21-14)12-2-1-5-18-9-12/h1-2,5-7,9,11,13H,3-4,8,10H2,(H,20,23). The van der Waals surface area contributed by atoms with Gasteiger partial charge in [0, 0.05) is 54.7 Å². The molecule has 0 fully saturated rings. The average Bonchev–Trinajstić information content (AvgIpc) is 3.24. The number of nitrogens with one attached hydrogen (secondary N) is 1. The van der Waals surface area contributed by atoms with Crippen molar-refractivity contribution in [3.63, 3.8) is 0 Å². The van der Waals surface area contributed by atoms with Gasteiger partial charge in [-0.25, -0.2) is 9.97 Å². The second-order valence-electron chi connectivity index (χ2n) is 5.86. The first-order chi connectivity index (χ1) is 11.8. The van der Waals surface area contributed by atoms with Crippen LogP contribution in [0.5, 0.6) is 0 Å². The minimum absolute atomic E-state index is 0.0200. The first kappa shape index (κ1) is 15.0. The summed E-state index contributed by atoms with van der Waals surface area (Å²) in [5.74, 6) is 1.12. The molecule has 0 bridgehead atoms. The summed E-state index contributed by atoms with van der Waals surface area (Å²) in [7, 11) is 0. The zero-order valence-corrected chi connectivity index (χ0v) is 13.9. The van der Waals surface area contributed by atoms with Crippen LogP contribution in [0, 0.1) is 0 Å². The number of aromatic nitrogens is 4. The van der Waals surface area contributed by atoms with Gasteiger partial charge in [0.15, 0.2) is 0 Å². The summed E-state index contributed by atoms with van der Waals surface area (Å²) >= 11 is 1.54. The van der Waals surface area contributed by atoms with Crippen molar-refractivity contribution < 1.29 is 4.79 Å². The van der Waals surface area contributed by atoms with Crippen LogP contribution in [0.25, 0.3) is 10.6 Å². The van der Waals surface area contributed by atoms with Gasteiger partial charge < -0.3 is 9.88 Å². The van der Waals surface area contributed by atoms with E-state index >= 15 is 0 Å². The highest BCUT2D eigenvalue weighted by molar-refractivity contribution is 7.13. The van der Waals surface area contributed by atoms with Crippen LogP contribution in [0.1, 0.15) is 17.9 Å². The average molecular weight is 339 g/mol. The summed E-state index contributed by atoms with van der Waals surface area (Å²) in [6.07, 6.45) is 9.45. The number of pyridine rings is 1. The number of imidazole rings is 1. The van der Waals surface area contributed by atoms with Crippen molar-refractivity contribution in [3.05, 3.63) is 53.8 Å². The summed E-state index contributed by atoms with van der Waals surface area (Å²) in [5.41, 5.74) is 1.78. The fraction of sp³-hybridized carbons (Fsp3) is 0.294. The highest BCUT2D eigenvalue weighted by Gasteiger charge is 2.20. The molecule has 0 spiro atoms. The molecular formula is C17H17N5OS. The monoisotopic (exact) mass is 339 g/mol. The second-order valence-corrected chi connectivity index (χ2v) is 6.72. The van der Waals surface area contributed by atoms with E-state index < -0.39 is 0 Å². The van der Waals surface area contributed by atoms with Crippen molar-refractivity contribution in [2.75, 3.05) is 0 Å². The fourth-order valence-electron chi connectivity index (χ4n) is 2.94. The van der Waals surface area contributed by atoms with Gasteiger partial charge in [0.05, 0.1) is 12.1 Å². The third-order valence-electron chi connectivity index (χ3n) is 4.10. The van der Waals surface area contributed by atoms with Crippen LogP contribution >= 0.6 is 11.3 Å². The predicted octanol–water partition coefficient (Wildman–Crippen LogP) is 2.08. The SMILES string of the molecule is O=C(Cc1csc(-c2cccnc2)n1)NC1CCc2nccn2C1. The number of amides is 1. The molecule has 1 atom stereocenters. The lowest BCUT2D eigenvalue weighted by Crippen LogP contribution is -2.41. The Bertz CT molecular complexity index is 842. The van der Waals surface area contributed by atoms with Gasteiger partial charge in [-0.3, -0.25) is 9.78 Å². The Morgan fingerprint density at radius 3 is 3.25 bits per heavy atom. The van der Waals surface area contributed by atoms with Crippen LogP contribution < -0.4 is 5.32 Å². The number of hydrogen-bond acceptors (Lipinski definition) is 5. The Morgan fingerprint density at radius 2 is 2.38 bits per heavy atom. The third kappa shape index (κ3) is 3.21. The molecule has 3 aromatic rings. The van der Waals surface area contributed by atoms with Gasteiger partial charge in [-0.05, 0) is 18.6 Å². The van der Waals surface area contributed by atoms with Crippen LogP contribution in [-0.2, 0) is 24.2 Å². The predicted molar refractivity (Wildman–Crippen MR) is 91.5 cm³/mol. The zero-order valence-electron chi connectivity index (χ0n) is 13.1. The van der Waals surface area contributed by atoms with Crippen molar-refractivity contribution in [2.45, 2.75) is 31.8 Å². The zero-order chi connectivity index (χ0) is 16.4. The lowest BCUT2D eigenvalue weighted by Gasteiger charge is -2.24. The molecule has 7 heteroatoms. The van der Waals surface area contributed by atoms with Gasteiger partial charge in [0.2, 0.25) is 5.91 Å². The van der Waals surface area contributed by atoms with E-state index in [1.807, 2.05) is 29.9 Å². The molecule has 4 rings (SSSR count). The summed E-state index contributed by atoms with van der Waals surface area (Å²) in [4.78, 5) is 25.2. The molecule has 0 saturated heterocycles. The van der Waals surface area contributed by atoms with Crippen molar-refractivity contribution in [1.29, 1.82) is 0 Å². The maximum atomic E-state index is 12.3. The maximum absolute atomic E-state index is 12.3. The van der Waals surface area contributed by atoms with E-state index in [0.29, 0.717) is 6.42 Å². The van der Waals surface area contributed by atoms with Crippen molar-refractivity contribution >= 4 is 17.2 Å². The third-order valence-corrected chi connectivity index (χ3v) is 5.04. The van der Waals surface area contributed by atoms with Crippen molar-refractivity contribution in [2.24, 2.45) is 0 Å². The fourth-order valence-corrected chi connectivity index (χ4v) is 3.75. The van der Waals surface area contributed by atoms with E-state index in [4.69, 9.17) is 0 Å². The number of fused-ring (bicyclic) bond motifs is 1. The molecule has 3 aromatic heterocycles. The lowest BCUT2D eigenvalue weighted by molar-refractivity contribution is -0.121. The van der Waals surface area contributed by atoms with Gasteiger partial charge in [-0.15, -0.1) is 11.3 Å². The largest absolute Gasteiger partial charge is 0.351 e. The molecule has 122 valence electrons. The normalized spacial score (nSPS) is 16.6. The topological polar surface area (TPSA) is 72.7 Å². The van der Waals surface area contributed by atoms with E-state index in [0.717, 1.165) is 41.5 Å². The molecule has 1 aliphatic rings. The number of hydrogen-bond donors (Lipinski definition) is 1. The lowest BCUT2D eigenvalue weighted by atomic mass is 10.1. The quantitative estimate of drug-likeness (QED) is 0.790. The van der Waals surface area contributed by atoms with Gasteiger partial charge in [-0.1, -0.05) is 0 Å². The van der Waals surface area contributed by atoms with Gasteiger partial charge in [0.25, 0.3) is 0 Å². The van der Waals surface area contributed by atoms with E-state index in [-0.39, 0.29) is 11.9 Å². The van der Waals surface area contributed by atoms with Crippen LogP contribution in [0.4, 0.5) is 0 Å². The molecule has 1 unspecified atom stereocenters. The molecule has 24 heavy (non-hydrogen) atoms. The minimum Gasteiger partial charge on any atom is -0.351 e. The van der Waals surface area contributed by atoms with E-state index in [2.05, 4.69) is 24.8 Å². The number of thiazole rings is 1. The maximum Gasteiger partial charge on any atom is 0.226 e. The molecule has 0 radical (unpaired) electrons. The van der Waals surface area contributed by atoms with Crippen molar-refractivity contribution in [1.82, 2.24) is 24.8 Å². The second kappa shape index (κ2) is 6.52. The number of carbonyl (C=O) groups is 1. The van der Waals surface area contributed by atoms with Crippen LogP contribution in [-0.4, -0.2) is 31.5 Å². The van der Waals surface area contributed by atoms with E-state index in [1.165, 1.54) is 11.3 Å². The highest BCUT2D eigenvalue weighted by atomic mass is 32.1. The molecule has 4 heterocycles. The highest BCUT2D eigenvalue weighted by Crippen LogP contribution is 2.22. The summed E-state index contributed by atoms with van der Waals surface area (Å²) in [5, 5.41) is 5.95. The van der Waals surface area contributed by atoms with Gasteiger partial charge in [-0.2, -0.15) is 0 Å². The molecule has 1 N–H and O–H groups in total. The van der Waals surface area contributed by atoms with Crippen LogP contribution in [0.15, 0.2) is 42.3 Å². The molecule has 0 saturated carbocycles. The summed E-state index contributed by atoms with van der Waals surface area (Å²) < 4.78 is 2.11. The number of rotatable bonds is 4. The molecule has 1 aliphatic heterocycles. The number of nitrogens with zero attached hydrogens (tertiary/aromatic N) is 4. The van der Waals surface area contributed by atoms with Gasteiger partial charge >= 0.3 is 0 Å². The van der Waals surface area contributed by atoms with Crippen LogP contribution in [0.3, 0.4) is 0 Å². The smallest absolute Gasteiger partial charge is 0.226 e. The first-order valence-electron chi connectivity index (χ1n) is 7.92. The molecular weight excluding hydrogens is 322 g/mol. The Labute approximate surface area is 143 Å². The Hall–Kier alpha value is -2.54. The molecule has 6 nitrogen and oxygen atoms in total.